The minimum Gasteiger partial charge on any atom is -0.491 e. The number of nitrogens with one attached hydrogen (secondary N) is 3. The van der Waals surface area contributed by atoms with E-state index in [0.717, 1.165) is 51.7 Å². The van der Waals surface area contributed by atoms with Crippen LogP contribution in [0.5, 0.6) is 5.75 Å². The van der Waals surface area contributed by atoms with Crippen LogP contribution in [-0.4, -0.2) is 54.0 Å². The molecule has 3 N–H and O–H groups in total. The van der Waals surface area contributed by atoms with Gasteiger partial charge in [0.25, 0.3) is 5.91 Å². The van der Waals surface area contributed by atoms with Crippen molar-refractivity contribution in [2.75, 3.05) is 26.2 Å². The zero-order valence-electron chi connectivity index (χ0n) is 22.9. The van der Waals surface area contributed by atoms with E-state index in [1.54, 1.807) is 6.07 Å². The molecular formula is C31H40N4O3. The summed E-state index contributed by atoms with van der Waals surface area (Å²) in [5, 5.41) is 7.57. The van der Waals surface area contributed by atoms with Crippen molar-refractivity contribution >= 4 is 22.7 Å². The Morgan fingerprint density at radius 1 is 1.03 bits per heavy atom. The van der Waals surface area contributed by atoms with Crippen molar-refractivity contribution in [3.63, 3.8) is 0 Å². The first-order valence-corrected chi connectivity index (χ1v) is 14.0. The molecule has 1 fully saturated rings. The molecule has 3 heterocycles. The van der Waals surface area contributed by atoms with Crippen LogP contribution in [0.25, 0.3) is 10.9 Å². The van der Waals surface area contributed by atoms with Gasteiger partial charge in [0.2, 0.25) is 5.91 Å². The molecule has 5 rings (SSSR count). The summed E-state index contributed by atoms with van der Waals surface area (Å²) in [7, 11) is 0. The molecule has 202 valence electrons. The number of carbonyl (C=O) groups excluding carboxylic acids is 2. The van der Waals surface area contributed by atoms with E-state index in [1.165, 1.54) is 27.7 Å². The molecule has 0 unspecified atom stereocenters. The summed E-state index contributed by atoms with van der Waals surface area (Å²) in [6.07, 6.45) is 4.24. The van der Waals surface area contributed by atoms with E-state index in [2.05, 4.69) is 52.6 Å². The summed E-state index contributed by atoms with van der Waals surface area (Å²) in [6.45, 7) is 9.84. The average Bonchev–Trinajstić information content (AvgIpc) is 3.22. The molecule has 7 heteroatoms. The SMILES string of the molecule is Cc1ccc2[nH]c(CN3CCC4(CCCCNC(=O)c5ccccc5OC[C@@H](C)NC4=O)CC3)c(C)c2c1. The monoisotopic (exact) mass is 516 g/mol. The fourth-order valence-corrected chi connectivity index (χ4v) is 5.91. The lowest BCUT2D eigenvalue weighted by molar-refractivity contribution is -0.135. The number of piperidine rings is 1. The molecule has 0 aliphatic carbocycles. The Balaban J connectivity index is 1.26. The van der Waals surface area contributed by atoms with Gasteiger partial charge in [0.05, 0.1) is 17.0 Å². The lowest BCUT2D eigenvalue weighted by Crippen LogP contribution is -2.51. The summed E-state index contributed by atoms with van der Waals surface area (Å²) in [4.78, 5) is 32.5. The normalized spacial score (nSPS) is 21.3. The number of benzene rings is 2. The zero-order valence-corrected chi connectivity index (χ0v) is 22.9. The van der Waals surface area contributed by atoms with Crippen LogP contribution in [0.1, 0.15) is 66.2 Å². The first-order chi connectivity index (χ1) is 18.3. The van der Waals surface area contributed by atoms with Gasteiger partial charge < -0.3 is 20.4 Å². The molecule has 1 atom stereocenters. The largest absolute Gasteiger partial charge is 0.491 e. The number of ether oxygens (including phenoxy) is 1. The quantitative estimate of drug-likeness (QED) is 0.454. The number of fused-ring (bicyclic) bond motifs is 2. The van der Waals surface area contributed by atoms with Gasteiger partial charge in [-0.05, 0) is 89.4 Å². The lowest BCUT2D eigenvalue weighted by Gasteiger charge is -2.41. The molecule has 2 aliphatic rings. The van der Waals surface area contributed by atoms with Crippen molar-refractivity contribution in [1.82, 2.24) is 20.5 Å². The van der Waals surface area contributed by atoms with Gasteiger partial charge in [0.15, 0.2) is 0 Å². The predicted molar refractivity (Wildman–Crippen MR) is 150 cm³/mol. The van der Waals surface area contributed by atoms with E-state index in [-0.39, 0.29) is 23.3 Å². The second-order valence-corrected chi connectivity index (χ2v) is 11.2. The van der Waals surface area contributed by atoms with Crippen molar-refractivity contribution in [3.8, 4) is 5.75 Å². The summed E-state index contributed by atoms with van der Waals surface area (Å²) < 4.78 is 5.98. The second-order valence-electron chi connectivity index (χ2n) is 11.2. The summed E-state index contributed by atoms with van der Waals surface area (Å²) in [6, 6.07) is 13.7. The van der Waals surface area contributed by atoms with Crippen molar-refractivity contribution < 1.29 is 14.3 Å². The number of amides is 2. The highest BCUT2D eigenvalue weighted by Crippen LogP contribution is 2.38. The molecule has 3 aromatic rings. The number of H-pyrrole nitrogens is 1. The van der Waals surface area contributed by atoms with Gasteiger partial charge in [-0.25, -0.2) is 0 Å². The van der Waals surface area contributed by atoms with Crippen LogP contribution in [0, 0.1) is 19.3 Å². The molecule has 0 radical (unpaired) electrons. The van der Waals surface area contributed by atoms with Gasteiger partial charge >= 0.3 is 0 Å². The molecule has 0 bridgehead atoms. The molecule has 2 aromatic carbocycles. The number of hydrogen-bond donors (Lipinski definition) is 3. The maximum absolute atomic E-state index is 13.7. The maximum atomic E-state index is 13.7. The Kier molecular flexibility index (Phi) is 7.75. The van der Waals surface area contributed by atoms with Crippen LogP contribution in [0.4, 0.5) is 0 Å². The van der Waals surface area contributed by atoms with Crippen LogP contribution < -0.4 is 15.4 Å². The first kappa shape index (κ1) is 26.3. The molecular weight excluding hydrogens is 476 g/mol. The topological polar surface area (TPSA) is 86.5 Å². The van der Waals surface area contributed by atoms with Crippen molar-refractivity contribution in [3.05, 3.63) is 64.8 Å². The smallest absolute Gasteiger partial charge is 0.255 e. The number of aromatic nitrogens is 1. The first-order valence-electron chi connectivity index (χ1n) is 14.0. The van der Waals surface area contributed by atoms with E-state index in [1.807, 2.05) is 25.1 Å². The molecule has 0 saturated carbocycles. The third-order valence-electron chi connectivity index (χ3n) is 8.36. The van der Waals surface area contributed by atoms with Crippen LogP contribution in [-0.2, 0) is 11.3 Å². The zero-order chi connectivity index (χ0) is 26.7. The van der Waals surface area contributed by atoms with E-state index in [0.29, 0.717) is 24.5 Å². The van der Waals surface area contributed by atoms with Gasteiger partial charge in [-0.15, -0.1) is 0 Å². The van der Waals surface area contributed by atoms with Crippen LogP contribution in [0.2, 0.25) is 0 Å². The lowest BCUT2D eigenvalue weighted by atomic mass is 9.73. The average molecular weight is 517 g/mol. The highest BCUT2D eigenvalue weighted by Gasteiger charge is 2.41. The number of carbonyl (C=O) groups is 2. The standard InChI is InChI=1S/C31H40N4O3/c1-21-10-11-26-25(18-21)23(3)27(34-26)19-35-16-13-31(14-17-35)12-6-7-15-32-29(36)24-8-4-5-9-28(24)38-20-22(2)33-30(31)37/h4-5,8-11,18,22,34H,6-7,12-17,19-20H2,1-3H3,(H,32,36)(H,33,37)/t22-/m1/s1. The van der Waals surface area contributed by atoms with Gasteiger partial charge in [-0.3, -0.25) is 14.5 Å². The number of likely N-dealkylation sites (tertiary alicyclic amines) is 1. The van der Waals surface area contributed by atoms with Crippen LogP contribution in [0.15, 0.2) is 42.5 Å². The predicted octanol–water partition coefficient (Wildman–Crippen LogP) is 4.86. The Morgan fingerprint density at radius 2 is 1.82 bits per heavy atom. The van der Waals surface area contributed by atoms with Crippen LogP contribution in [0.3, 0.4) is 0 Å². The van der Waals surface area contributed by atoms with E-state index < -0.39 is 0 Å². The third-order valence-corrected chi connectivity index (χ3v) is 8.36. The Morgan fingerprint density at radius 3 is 2.63 bits per heavy atom. The highest BCUT2D eigenvalue weighted by atomic mass is 16.5. The molecule has 38 heavy (non-hydrogen) atoms. The summed E-state index contributed by atoms with van der Waals surface area (Å²) in [5.41, 5.74) is 5.19. The van der Waals surface area contributed by atoms with Gasteiger partial charge in [0, 0.05) is 29.7 Å². The minimum atomic E-state index is -0.386. The number of aromatic amines is 1. The minimum absolute atomic E-state index is 0.111. The Hall–Kier alpha value is -3.32. The van der Waals surface area contributed by atoms with E-state index >= 15 is 0 Å². The van der Waals surface area contributed by atoms with Gasteiger partial charge in [0.1, 0.15) is 12.4 Å². The number of para-hydroxylation sites is 1. The highest BCUT2D eigenvalue weighted by molar-refractivity contribution is 5.96. The molecule has 7 nitrogen and oxygen atoms in total. The number of aryl methyl sites for hydroxylation is 2. The fraction of sp³-hybridized carbons (Fsp3) is 0.484. The number of hydrogen-bond acceptors (Lipinski definition) is 4. The summed E-state index contributed by atoms with van der Waals surface area (Å²) >= 11 is 0. The molecule has 1 spiro atoms. The second kappa shape index (κ2) is 11.2. The van der Waals surface area contributed by atoms with Crippen molar-refractivity contribution in [1.29, 1.82) is 0 Å². The maximum Gasteiger partial charge on any atom is 0.255 e. The van der Waals surface area contributed by atoms with E-state index in [9.17, 15) is 9.59 Å². The molecule has 1 aromatic heterocycles. The number of nitrogens with zero attached hydrogens (tertiary/aromatic N) is 1. The van der Waals surface area contributed by atoms with E-state index in [4.69, 9.17) is 4.74 Å². The van der Waals surface area contributed by atoms with Gasteiger partial charge in [-0.1, -0.05) is 30.2 Å². The number of rotatable bonds is 2. The third kappa shape index (κ3) is 5.58. The van der Waals surface area contributed by atoms with Crippen LogP contribution >= 0.6 is 0 Å². The van der Waals surface area contributed by atoms with Crippen molar-refractivity contribution in [2.24, 2.45) is 5.41 Å². The fourth-order valence-electron chi connectivity index (χ4n) is 5.91. The molecule has 2 aliphatic heterocycles. The van der Waals surface area contributed by atoms with Gasteiger partial charge in [-0.2, -0.15) is 0 Å². The van der Waals surface area contributed by atoms with Crippen molar-refractivity contribution in [2.45, 2.75) is 65.5 Å². The Bertz CT molecular complexity index is 1310. The Labute approximate surface area is 225 Å². The molecule has 1 saturated heterocycles. The summed E-state index contributed by atoms with van der Waals surface area (Å²) in [5.74, 6) is 0.577. The molecule has 2 amide bonds.